The molecule has 1 aliphatic carbocycles. The van der Waals surface area contributed by atoms with E-state index in [-0.39, 0.29) is 11.3 Å². The van der Waals surface area contributed by atoms with Crippen molar-refractivity contribution in [3.8, 4) is 5.88 Å². The van der Waals surface area contributed by atoms with Crippen LogP contribution in [0.1, 0.15) is 51.0 Å². The number of nitrogens with zero attached hydrogens (tertiary/aromatic N) is 3. The first kappa shape index (κ1) is 22.0. The Kier molecular flexibility index (Phi) is 8.54. The smallest absolute Gasteiger partial charge is 0.230 e. The first-order chi connectivity index (χ1) is 13.5. The molecule has 7 heteroatoms. The molecule has 1 aromatic heterocycles. The van der Waals surface area contributed by atoms with Gasteiger partial charge in [0.15, 0.2) is 5.96 Å². The number of carbonyl (C=O) groups is 1. The van der Waals surface area contributed by atoms with Gasteiger partial charge in [-0.2, -0.15) is 0 Å². The Hall–Kier alpha value is -2.31. The molecule has 2 N–H and O–H groups in total. The van der Waals surface area contributed by atoms with E-state index in [0.29, 0.717) is 31.5 Å². The van der Waals surface area contributed by atoms with Crippen LogP contribution in [0.5, 0.6) is 5.88 Å². The van der Waals surface area contributed by atoms with E-state index in [1.54, 1.807) is 18.1 Å². The lowest BCUT2D eigenvalue weighted by Gasteiger charge is -2.31. The maximum Gasteiger partial charge on any atom is 0.230 e. The average molecular weight is 390 g/mol. The van der Waals surface area contributed by atoms with Crippen LogP contribution in [0, 0.1) is 5.41 Å². The van der Waals surface area contributed by atoms with E-state index >= 15 is 0 Å². The van der Waals surface area contributed by atoms with Gasteiger partial charge in [0.05, 0.1) is 12.0 Å². The SMILES string of the molecule is CCCCOc1ncccc1CNC(=NC)NCC1(C(=O)N(C)C)CCCC1. The Morgan fingerprint density at radius 3 is 2.71 bits per heavy atom. The van der Waals surface area contributed by atoms with Crippen molar-refractivity contribution >= 4 is 11.9 Å². The largest absolute Gasteiger partial charge is 0.477 e. The first-order valence-corrected chi connectivity index (χ1v) is 10.3. The number of guanidine groups is 1. The van der Waals surface area contributed by atoms with Gasteiger partial charge in [0.2, 0.25) is 11.8 Å². The summed E-state index contributed by atoms with van der Waals surface area (Å²) in [5.74, 6) is 1.54. The van der Waals surface area contributed by atoms with Crippen LogP contribution in [0.15, 0.2) is 23.3 Å². The van der Waals surface area contributed by atoms with Gasteiger partial charge in [0, 0.05) is 46.0 Å². The molecule has 1 heterocycles. The van der Waals surface area contributed by atoms with Crippen molar-refractivity contribution < 1.29 is 9.53 Å². The highest BCUT2D eigenvalue weighted by Gasteiger charge is 2.42. The molecule has 1 aromatic rings. The minimum absolute atomic E-state index is 0.201. The van der Waals surface area contributed by atoms with Crippen molar-refractivity contribution in [2.45, 2.75) is 52.0 Å². The molecular weight excluding hydrogens is 354 g/mol. The predicted molar refractivity (Wildman–Crippen MR) is 112 cm³/mol. The van der Waals surface area contributed by atoms with Gasteiger partial charge in [-0.3, -0.25) is 9.79 Å². The normalized spacial score (nSPS) is 15.9. The molecule has 0 aliphatic heterocycles. The van der Waals surface area contributed by atoms with Gasteiger partial charge in [-0.25, -0.2) is 4.98 Å². The molecule has 7 nitrogen and oxygen atoms in total. The molecule has 2 rings (SSSR count). The van der Waals surface area contributed by atoms with Crippen LogP contribution >= 0.6 is 0 Å². The first-order valence-electron chi connectivity index (χ1n) is 10.3. The molecule has 1 aliphatic rings. The molecule has 1 saturated carbocycles. The molecule has 0 bridgehead atoms. The second-order valence-electron chi connectivity index (χ2n) is 7.64. The fraction of sp³-hybridized carbons (Fsp3) is 0.667. The summed E-state index contributed by atoms with van der Waals surface area (Å²) < 4.78 is 5.80. The molecule has 28 heavy (non-hydrogen) atoms. The number of amides is 1. The zero-order valence-electron chi connectivity index (χ0n) is 17.8. The van der Waals surface area contributed by atoms with E-state index in [4.69, 9.17) is 4.74 Å². The van der Waals surface area contributed by atoms with Crippen LogP contribution < -0.4 is 15.4 Å². The lowest BCUT2D eigenvalue weighted by molar-refractivity contribution is -0.138. The van der Waals surface area contributed by atoms with Crippen LogP contribution in [0.2, 0.25) is 0 Å². The summed E-state index contributed by atoms with van der Waals surface area (Å²) in [5, 5.41) is 6.68. The van der Waals surface area contributed by atoms with Crippen molar-refractivity contribution in [2.24, 2.45) is 10.4 Å². The summed E-state index contributed by atoms with van der Waals surface area (Å²) >= 11 is 0. The van der Waals surface area contributed by atoms with Crippen LogP contribution in [0.3, 0.4) is 0 Å². The molecule has 156 valence electrons. The summed E-state index contributed by atoms with van der Waals surface area (Å²) in [5.41, 5.74) is 0.658. The van der Waals surface area contributed by atoms with E-state index in [9.17, 15) is 4.79 Å². The quantitative estimate of drug-likeness (QED) is 0.386. The number of hydrogen-bond donors (Lipinski definition) is 2. The number of hydrogen-bond acceptors (Lipinski definition) is 4. The Labute approximate surface area is 169 Å². The van der Waals surface area contributed by atoms with Crippen LogP contribution in [0.4, 0.5) is 0 Å². The highest BCUT2D eigenvalue weighted by molar-refractivity contribution is 5.85. The maximum absolute atomic E-state index is 12.7. The molecule has 0 aromatic carbocycles. The van der Waals surface area contributed by atoms with Gasteiger partial charge in [-0.1, -0.05) is 32.3 Å². The summed E-state index contributed by atoms with van der Waals surface area (Å²) in [7, 11) is 5.40. The van der Waals surface area contributed by atoms with E-state index < -0.39 is 0 Å². The van der Waals surface area contributed by atoms with E-state index in [0.717, 1.165) is 44.1 Å². The van der Waals surface area contributed by atoms with Crippen molar-refractivity contribution in [1.29, 1.82) is 0 Å². The Balaban J connectivity index is 1.94. The zero-order valence-corrected chi connectivity index (χ0v) is 17.8. The summed E-state index contributed by atoms with van der Waals surface area (Å²) in [4.78, 5) is 23.1. The number of unbranched alkanes of at least 4 members (excludes halogenated alkanes) is 1. The van der Waals surface area contributed by atoms with Gasteiger partial charge < -0.3 is 20.3 Å². The fourth-order valence-electron chi connectivity index (χ4n) is 3.65. The third-order valence-corrected chi connectivity index (χ3v) is 5.27. The van der Waals surface area contributed by atoms with E-state index in [1.807, 2.05) is 26.2 Å². The van der Waals surface area contributed by atoms with Gasteiger partial charge in [-0.05, 0) is 25.3 Å². The molecule has 0 radical (unpaired) electrons. The number of ether oxygens (including phenoxy) is 1. The van der Waals surface area contributed by atoms with Crippen LogP contribution in [-0.4, -0.2) is 56.0 Å². The number of nitrogens with one attached hydrogen (secondary N) is 2. The minimum Gasteiger partial charge on any atom is -0.477 e. The molecule has 0 spiro atoms. The van der Waals surface area contributed by atoms with Crippen LogP contribution in [0.25, 0.3) is 0 Å². The molecular formula is C21H35N5O2. The van der Waals surface area contributed by atoms with Crippen molar-refractivity contribution in [3.63, 3.8) is 0 Å². The third-order valence-electron chi connectivity index (χ3n) is 5.27. The van der Waals surface area contributed by atoms with Crippen molar-refractivity contribution in [3.05, 3.63) is 23.9 Å². The lowest BCUT2D eigenvalue weighted by Crippen LogP contribution is -2.49. The second-order valence-corrected chi connectivity index (χ2v) is 7.64. The summed E-state index contributed by atoms with van der Waals surface area (Å²) in [6.45, 7) is 3.96. The monoisotopic (exact) mass is 389 g/mol. The fourth-order valence-corrected chi connectivity index (χ4v) is 3.65. The lowest BCUT2D eigenvalue weighted by atomic mass is 9.84. The number of pyridine rings is 1. The maximum atomic E-state index is 12.7. The number of aliphatic imine (C=N–C) groups is 1. The standard InChI is InChI=1S/C21H35N5O2/c1-5-6-14-28-18-17(10-9-13-23-18)15-24-20(22-2)25-16-21(11-7-8-12-21)19(27)26(3)4/h9-10,13H,5-8,11-12,14-16H2,1-4H3,(H2,22,24,25). The Morgan fingerprint density at radius 2 is 2.07 bits per heavy atom. The topological polar surface area (TPSA) is 78.8 Å². The molecule has 0 unspecified atom stereocenters. The summed E-state index contributed by atoms with van der Waals surface area (Å²) in [6, 6.07) is 3.91. The predicted octanol–water partition coefficient (Wildman–Crippen LogP) is 2.57. The van der Waals surface area contributed by atoms with Gasteiger partial charge in [0.1, 0.15) is 0 Å². The highest BCUT2D eigenvalue weighted by Crippen LogP contribution is 2.38. The zero-order chi connectivity index (χ0) is 20.4. The van der Waals surface area contributed by atoms with Gasteiger partial charge >= 0.3 is 0 Å². The van der Waals surface area contributed by atoms with E-state index in [2.05, 4.69) is 27.5 Å². The molecule has 0 atom stereocenters. The highest BCUT2D eigenvalue weighted by atomic mass is 16.5. The van der Waals surface area contributed by atoms with Gasteiger partial charge in [0.25, 0.3) is 0 Å². The Bertz CT molecular complexity index is 654. The molecule has 0 saturated heterocycles. The summed E-state index contributed by atoms with van der Waals surface area (Å²) in [6.07, 6.45) is 7.88. The average Bonchev–Trinajstić information content (AvgIpc) is 3.18. The number of carbonyl (C=O) groups excluding carboxylic acids is 1. The van der Waals surface area contributed by atoms with Crippen molar-refractivity contribution in [2.75, 3.05) is 34.3 Å². The number of rotatable bonds is 9. The third kappa shape index (κ3) is 5.84. The number of aromatic nitrogens is 1. The van der Waals surface area contributed by atoms with Crippen LogP contribution in [-0.2, 0) is 11.3 Å². The second kappa shape index (κ2) is 10.9. The Morgan fingerprint density at radius 1 is 1.32 bits per heavy atom. The van der Waals surface area contributed by atoms with Crippen molar-refractivity contribution in [1.82, 2.24) is 20.5 Å². The minimum atomic E-state index is -0.330. The molecule has 1 amide bonds. The van der Waals surface area contributed by atoms with E-state index in [1.165, 1.54) is 0 Å². The molecule has 1 fully saturated rings. The van der Waals surface area contributed by atoms with Gasteiger partial charge in [-0.15, -0.1) is 0 Å².